The number of imide groups is 1. The predicted octanol–water partition coefficient (Wildman–Crippen LogP) is 0.492. The second-order valence-electron chi connectivity index (χ2n) is 5.41. The lowest BCUT2D eigenvalue weighted by atomic mass is 9.77. The average molecular weight is 271 g/mol. The summed E-state index contributed by atoms with van der Waals surface area (Å²) in [6, 6.07) is 8.88. The average Bonchev–Trinajstić information content (AvgIpc) is 3.11. The van der Waals surface area contributed by atoms with Crippen LogP contribution in [0.15, 0.2) is 42.5 Å². The number of anilines is 1. The van der Waals surface area contributed by atoms with Gasteiger partial charge in [0.1, 0.15) is 5.60 Å². The van der Waals surface area contributed by atoms with Crippen molar-refractivity contribution in [1.29, 1.82) is 0 Å². The third-order valence-corrected chi connectivity index (χ3v) is 4.42. The molecule has 0 spiro atoms. The summed E-state index contributed by atoms with van der Waals surface area (Å²) >= 11 is 0. The topological polar surface area (TPSA) is 66.8 Å². The monoisotopic (exact) mass is 271 g/mol. The molecule has 3 aliphatic rings. The Morgan fingerprint density at radius 3 is 2.65 bits per heavy atom. The molecule has 0 unspecified atom stereocenters. The molecule has 0 aliphatic carbocycles. The van der Waals surface area contributed by atoms with Gasteiger partial charge in [-0.1, -0.05) is 30.4 Å². The molecule has 20 heavy (non-hydrogen) atoms. The summed E-state index contributed by atoms with van der Waals surface area (Å²) in [6.07, 6.45) is 3.09. The lowest BCUT2D eigenvalue weighted by Crippen LogP contribution is -2.43. The third-order valence-electron chi connectivity index (χ3n) is 4.42. The standard InChI is InChI=1S/C15H13NO4/c17-8-15-7-6-10(20-15)11-12(15)14(19)16(13(11)18)9-4-2-1-3-5-9/h1-7,10-12,17H,8H2/t10-,11-,12+,15+/m0/s1. The SMILES string of the molecule is O=C1[C@H]2[C@@H]3C=C[C@](CO)(O3)[C@H]2C(=O)N1c1ccccc1. The molecule has 0 radical (unpaired) electrons. The number of nitrogens with zero attached hydrogens (tertiary/aromatic N) is 1. The first-order chi connectivity index (χ1) is 9.68. The van der Waals surface area contributed by atoms with Crippen molar-refractivity contribution in [2.75, 3.05) is 11.5 Å². The Balaban J connectivity index is 1.79. The molecule has 1 aromatic rings. The van der Waals surface area contributed by atoms with Crippen LogP contribution >= 0.6 is 0 Å². The van der Waals surface area contributed by atoms with Gasteiger partial charge in [-0.3, -0.25) is 9.59 Å². The minimum Gasteiger partial charge on any atom is -0.393 e. The number of rotatable bonds is 2. The second kappa shape index (κ2) is 3.77. The lowest BCUT2D eigenvalue weighted by molar-refractivity contribution is -0.128. The number of para-hydroxylation sites is 1. The van der Waals surface area contributed by atoms with Crippen molar-refractivity contribution < 1.29 is 19.4 Å². The number of amides is 2. The molecule has 5 heteroatoms. The second-order valence-corrected chi connectivity index (χ2v) is 5.41. The number of hydrogen-bond donors (Lipinski definition) is 1. The highest BCUT2D eigenvalue weighted by Gasteiger charge is 2.67. The van der Waals surface area contributed by atoms with Crippen LogP contribution in [0.1, 0.15) is 0 Å². The fraction of sp³-hybridized carbons (Fsp3) is 0.333. The van der Waals surface area contributed by atoms with E-state index in [9.17, 15) is 14.7 Å². The summed E-state index contributed by atoms with van der Waals surface area (Å²) in [5.74, 6) is -1.65. The molecule has 2 bridgehead atoms. The first-order valence-electron chi connectivity index (χ1n) is 6.59. The molecule has 3 aliphatic heterocycles. The van der Waals surface area contributed by atoms with Gasteiger partial charge in [0.25, 0.3) is 0 Å². The summed E-state index contributed by atoms with van der Waals surface area (Å²) < 4.78 is 5.67. The Hall–Kier alpha value is -1.98. The van der Waals surface area contributed by atoms with Crippen molar-refractivity contribution in [2.24, 2.45) is 11.8 Å². The molecule has 2 amide bonds. The number of benzene rings is 1. The number of aliphatic hydroxyl groups is 1. The zero-order chi connectivity index (χ0) is 13.9. The highest BCUT2D eigenvalue weighted by atomic mass is 16.5. The van der Waals surface area contributed by atoms with Gasteiger partial charge in [-0.25, -0.2) is 4.90 Å². The number of ether oxygens (including phenoxy) is 1. The van der Waals surface area contributed by atoms with Gasteiger partial charge in [-0.05, 0) is 12.1 Å². The highest BCUT2D eigenvalue weighted by molar-refractivity contribution is 6.23. The maximum Gasteiger partial charge on any atom is 0.241 e. The van der Waals surface area contributed by atoms with Crippen molar-refractivity contribution in [3.8, 4) is 0 Å². The molecular weight excluding hydrogens is 258 g/mol. The van der Waals surface area contributed by atoms with Gasteiger partial charge < -0.3 is 9.84 Å². The van der Waals surface area contributed by atoms with Crippen LogP contribution in [0.5, 0.6) is 0 Å². The number of hydrogen-bond acceptors (Lipinski definition) is 4. The van der Waals surface area contributed by atoms with E-state index in [4.69, 9.17) is 4.74 Å². The van der Waals surface area contributed by atoms with E-state index < -0.39 is 23.5 Å². The number of carbonyl (C=O) groups excluding carboxylic acids is 2. The van der Waals surface area contributed by atoms with Gasteiger partial charge in [0.15, 0.2) is 0 Å². The Kier molecular flexibility index (Phi) is 2.23. The van der Waals surface area contributed by atoms with Crippen LogP contribution in [0.25, 0.3) is 0 Å². The largest absolute Gasteiger partial charge is 0.393 e. The molecule has 1 N–H and O–H groups in total. The fourth-order valence-electron chi connectivity index (χ4n) is 3.52. The summed E-state index contributed by atoms with van der Waals surface area (Å²) in [7, 11) is 0. The van der Waals surface area contributed by atoms with Crippen LogP contribution in [-0.4, -0.2) is 35.2 Å². The highest BCUT2D eigenvalue weighted by Crippen LogP contribution is 2.52. The van der Waals surface area contributed by atoms with E-state index >= 15 is 0 Å². The molecule has 3 heterocycles. The van der Waals surface area contributed by atoms with Crippen LogP contribution in [0, 0.1) is 11.8 Å². The third kappa shape index (κ3) is 1.24. The van der Waals surface area contributed by atoms with E-state index in [1.54, 1.807) is 36.4 Å². The number of fused-ring (bicyclic) bond motifs is 5. The van der Waals surface area contributed by atoms with Gasteiger partial charge in [0.2, 0.25) is 11.8 Å². The Bertz CT molecular complexity index is 626. The molecule has 4 rings (SSSR count). The van der Waals surface area contributed by atoms with Gasteiger partial charge in [-0.2, -0.15) is 0 Å². The molecule has 2 fully saturated rings. The van der Waals surface area contributed by atoms with Gasteiger partial charge in [0, 0.05) is 0 Å². The maximum absolute atomic E-state index is 12.6. The van der Waals surface area contributed by atoms with E-state index in [0.717, 1.165) is 0 Å². The van der Waals surface area contributed by atoms with E-state index in [1.807, 2.05) is 6.07 Å². The van der Waals surface area contributed by atoms with E-state index in [0.29, 0.717) is 5.69 Å². The maximum atomic E-state index is 12.6. The normalized spacial score (nSPS) is 37.9. The number of carbonyl (C=O) groups is 2. The van der Waals surface area contributed by atoms with Gasteiger partial charge in [0.05, 0.1) is 30.2 Å². The quantitative estimate of drug-likeness (QED) is 0.628. The summed E-state index contributed by atoms with van der Waals surface area (Å²) in [4.78, 5) is 26.4. The van der Waals surface area contributed by atoms with E-state index in [1.165, 1.54) is 4.90 Å². The van der Waals surface area contributed by atoms with Gasteiger partial charge >= 0.3 is 0 Å². The molecule has 1 aromatic carbocycles. The molecule has 0 aromatic heterocycles. The van der Waals surface area contributed by atoms with Crippen molar-refractivity contribution >= 4 is 17.5 Å². The van der Waals surface area contributed by atoms with Crippen LogP contribution in [0.4, 0.5) is 5.69 Å². The first-order valence-corrected chi connectivity index (χ1v) is 6.59. The van der Waals surface area contributed by atoms with Crippen LogP contribution in [-0.2, 0) is 14.3 Å². The lowest BCUT2D eigenvalue weighted by Gasteiger charge is -2.26. The van der Waals surface area contributed by atoms with Gasteiger partial charge in [-0.15, -0.1) is 0 Å². The fourth-order valence-corrected chi connectivity index (χ4v) is 3.52. The van der Waals surface area contributed by atoms with Crippen molar-refractivity contribution in [3.63, 3.8) is 0 Å². The molecular formula is C15H13NO4. The van der Waals surface area contributed by atoms with Crippen LogP contribution in [0.3, 0.4) is 0 Å². The molecule has 0 saturated carbocycles. The predicted molar refractivity (Wildman–Crippen MR) is 69.7 cm³/mol. The number of aliphatic hydroxyl groups excluding tert-OH is 1. The Labute approximate surface area is 115 Å². The molecule has 5 nitrogen and oxygen atoms in total. The van der Waals surface area contributed by atoms with Crippen LogP contribution < -0.4 is 4.90 Å². The zero-order valence-electron chi connectivity index (χ0n) is 10.6. The minimum atomic E-state index is -1.02. The van der Waals surface area contributed by atoms with E-state index in [-0.39, 0.29) is 18.4 Å². The summed E-state index contributed by atoms with van der Waals surface area (Å²) in [5.41, 5.74) is -0.449. The molecule has 102 valence electrons. The Morgan fingerprint density at radius 2 is 1.95 bits per heavy atom. The minimum absolute atomic E-state index is 0.240. The molecule has 2 saturated heterocycles. The molecule has 4 atom stereocenters. The van der Waals surface area contributed by atoms with Crippen molar-refractivity contribution in [1.82, 2.24) is 0 Å². The van der Waals surface area contributed by atoms with Crippen molar-refractivity contribution in [2.45, 2.75) is 11.7 Å². The zero-order valence-corrected chi connectivity index (χ0v) is 10.6. The Morgan fingerprint density at radius 1 is 1.20 bits per heavy atom. The summed E-state index contributed by atoms with van der Waals surface area (Å²) in [5, 5.41) is 9.59. The summed E-state index contributed by atoms with van der Waals surface area (Å²) in [6.45, 7) is -0.289. The van der Waals surface area contributed by atoms with E-state index in [2.05, 4.69) is 0 Å². The van der Waals surface area contributed by atoms with Crippen LogP contribution in [0.2, 0.25) is 0 Å². The first kappa shape index (κ1) is 11.8. The smallest absolute Gasteiger partial charge is 0.241 e. The van der Waals surface area contributed by atoms with Crippen molar-refractivity contribution in [3.05, 3.63) is 42.5 Å².